The van der Waals surface area contributed by atoms with E-state index in [0.29, 0.717) is 6.54 Å². The van der Waals surface area contributed by atoms with E-state index in [1.54, 1.807) is 6.20 Å². The molecular weight excluding hydrogens is 214 g/mol. The Morgan fingerprint density at radius 2 is 2.06 bits per heavy atom. The smallest absolute Gasteiger partial charge is 0.159 e. The van der Waals surface area contributed by atoms with Gasteiger partial charge in [0, 0.05) is 23.4 Å². The Hall–Kier alpha value is -1.68. The SMILES string of the molecule is CC(C)N(CCO)c1nncc2ccccc12. The van der Waals surface area contributed by atoms with E-state index in [0.717, 1.165) is 16.6 Å². The van der Waals surface area contributed by atoms with Crippen LogP contribution in [0.25, 0.3) is 10.8 Å². The molecule has 0 aliphatic rings. The third-order valence-electron chi connectivity index (χ3n) is 2.79. The summed E-state index contributed by atoms with van der Waals surface area (Å²) < 4.78 is 0. The Morgan fingerprint density at radius 1 is 1.29 bits per heavy atom. The minimum absolute atomic E-state index is 0.114. The molecule has 0 saturated carbocycles. The van der Waals surface area contributed by atoms with E-state index in [1.807, 2.05) is 24.3 Å². The highest BCUT2D eigenvalue weighted by atomic mass is 16.3. The van der Waals surface area contributed by atoms with Crippen molar-refractivity contribution < 1.29 is 5.11 Å². The summed E-state index contributed by atoms with van der Waals surface area (Å²) in [5.41, 5.74) is 0. The van der Waals surface area contributed by atoms with Crippen molar-refractivity contribution in [2.75, 3.05) is 18.1 Å². The molecule has 0 bridgehead atoms. The highest BCUT2D eigenvalue weighted by Crippen LogP contribution is 2.24. The molecule has 0 radical (unpaired) electrons. The van der Waals surface area contributed by atoms with Crippen LogP contribution in [0.3, 0.4) is 0 Å². The average molecular weight is 231 g/mol. The van der Waals surface area contributed by atoms with Gasteiger partial charge in [-0.1, -0.05) is 24.3 Å². The lowest BCUT2D eigenvalue weighted by atomic mass is 10.1. The molecule has 4 heteroatoms. The third-order valence-corrected chi connectivity index (χ3v) is 2.79. The van der Waals surface area contributed by atoms with Gasteiger partial charge in [0.2, 0.25) is 0 Å². The van der Waals surface area contributed by atoms with Gasteiger partial charge in [-0.15, -0.1) is 5.10 Å². The van der Waals surface area contributed by atoms with Crippen LogP contribution in [0.15, 0.2) is 30.5 Å². The maximum atomic E-state index is 9.13. The lowest BCUT2D eigenvalue weighted by Gasteiger charge is -2.27. The highest BCUT2D eigenvalue weighted by molar-refractivity contribution is 5.91. The molecule has 0 spiro atoms. The van der Waals surface area contributed by atoms with E-state index >= 15 is 0 Å². The number of benzene rings is 1. The Bertz CT molecular complexity index is 493. The molecule has 0 saturated heterocycles. The Kier molecular flexibility index (Phi) is 3.54. The summed E-state index contributed by atoms with van der Waals surface area (Å²) in [6.07, 6.45) is 1.76. The predicted octanol–water partition coefficient (Wildman–Crippen LogP) is 1.84. The standard InChI is InChI=1S/C13H17N3O/c1-10(2)16(7-8-17)13-12-6-4-3-5-11(12)9-14-15-13/h3-6,9-10,17H,7-8H2,1-2H3. The molecular formula is C13H17N3O. The van der Waals surface area contributed by atoms with Gasteiger partial charge in [0.05, 0.1) is 12.8 Å². The van der Waals surface area contributed by atoms with Crippen molar-refractivity contribution in [3.8, 4) is 0 Å². The van der Waals surface area contributed by atoms with Crippen molar-refractivity contribution in [2.45, 2.75) is 19.9 Å². The van der Waals surface area contributed by atoms with Crippen molar-refractivity contribution in [1.82, 2.24) is 10.2 Å². The van der Waals surface area contributed by atoms with Crippen LogP contribution in [-0.2, 0) is 0 Å². The Labute approximate surface area is 101 Å². The Balaban J connectivity index is 2.52. The summed E-state index contributed by atoms with van der Waals surface area (Å²) >= 11 is 0. The van der Waals surface area contributed by atoms with Gasteiger partial charge in [-0.3, -0.25) is 0 Å². The van der Waals surface area contributed by atoms with Crippen LogP contribution in [0.5, 0.6) is 0 Å². The van der Waals surface area contributed by atoms with Crippen molar-refractivity contribution >= 4 is 16.6 Å². The van der Waals surface area contributed by atoms with Crippen molar-refractivity contribution in [1.29, 1.82) is 0 Å². The summed E-state index contributed by atoms with van der Waals surface area (Å²) in [5, 5.41) is 19.5. The maximum absolute atomic E-state index is 9.13. The molecule has 0 aliphatic carbocycles. The zero-order valence-corrected chi connectivity index (χ0v) is 10.2. The summed E-state index contributed by atoms with van der Waals surface area (Å²) in [5.74, 6) is 0.840. The van der Waals surface area contributed by atoms with E-state index < -0.39 is 0 Å². The van der Waals surface area contributed by atoms with Crippen LogP contribution in [0, 0.1) is 0 Å². The fraction of sp³-hybridized carbons (Fsp3) is 0.385. The average Bonchev–Trinajstić information content (AvgIpc) is 2.35. The van der Waals surface area contributed by atoms with Gasteiger partial charge in [-0.05, 0) is 13.8 Å². The first-order valence-corrected chi connectivity index (χ1v) is 5.82. The van der Waals surface area contributed by atoms with Gasteiger partial charge in [-0.2, -0.15) is 5.10 Å². The number of nitrogens with zero attached hydrogens (tertiary/aromatic N) is 3. The van der Waals surface area contributed by atoms with Gasteiger partial charge >= 0.3 is 0 Å². The highest BCUT2D eigenvalue weighted by Gasteiger charge is 2.14. The first kappa shape index (κ1) is 11.8. The van der Waals surface area contributed by atoms with Crippen molar-refractivity contribution in [2.24, 2.45) is 0 Å². The van der Waals surface area contributed by atoms with Gasteiger partial charge < -0.3 is 10.0 Å². The van der Waals surface area contributed by atoms with Crippen molar-refractivity contribution in [3.05, 3.63) is 30.5 Å². The number of hydrogen-bond donors (Lipinski definition) is 1. The number of aliphatic hydroxyl groups excluding tert-OH is 1. The monoisotopic (exact) mass is 231 g/mol. The topological polar surface area (TPSA) is 49.2 Å². The largest absolute Gasteiger partial charge is 0.395 e. The van der Waals surface area contributed by atoms with E-state index in [1.165, 1.54) is 0 Å². The number of hydrogen-bond acceptors (Lipinski definition) is 4. The summed E-state index contributed by atoms with van der Waals surface area (Å²) in [4.78, 5) is 2.06. The van der Waals surface area contributed by atoms with Crippen molar-refractivity contribution in [3.63, 3.8) is 0 Å². The third kappa shape index (κ3) is 2.36. The normalized spacial score (nSPS) is 11.1. The quantitative estimate of drug-likeness (QED) is 0.872. The second-order valence-corrected chi connectivity index (χ2v) is 4.27. The van der Waals surface area contributed by atoms with E-state index in [2.05, 4.69) is 28.9 Å². The van der Waals surface area contributed by atoms with Crippen LogP contribution in [-0.4, -0.2) is 34.5 Å². The Morgan fingerprint density at radius 3 is 2.76 bits per heavy atom. The molecule has 90 valence electrons. The van der Waals surface area contributed by atoms with Crippen LogP contribution in [0.2, 0.25) is 0 Å². The molecule has 0 amide bonds. The summed E-state index contributed by atoms with van der Waals surface area (Å²) in [7, 11) is 0. The molecule has 2 aromatic rings. The van der Waals surface area contributed by atoms with Crippen LogP contribution >= 0.6 is 0 Å². The molecule has 1 aromatic carbocycles. The molecule has 0 aliphatic heterocycles. The fourth-order valence-electron chi connectivity index (χ4n) is 1.94. The molecule has 1 N–H and O–H groups in total. The first-order chi connectivity index (χ1) is 8.24. The van der Waals surface area contributed by atoms with Gasteiger partial charge in [0.15, 0.2) is 5.82 Å². The predicted molar refractivity (Wildman–Crippen MR) is 69.1 cm³/mol. The maximum Gasteiger partial charge on any atom is 0.159 e. The molecule has 2 rings (SSSR count). The summed E-state index contributed by atoms with van der Waals surface area (Å²) in [6.45, 7) is 4.85. The van der Waals surface area contributed by atoms with Gasteiger partial charge in [0.25, 0.3) is 0 Å². The van der Waals surface area contributed by atoms with Crippen LogP contribution < -0.4 is 4.90 Å². The lowest BCUT2D eigenvalue weighted by molar-refractivity contribution is 0.298. The zero-order valence-electron chi connectivity index (χ0n) is 10.2. The molecule has 1 aromatic heterocycles. The fourth-order valence-corrected chi connectivity index (χ4v) is 1.94. The van der Waals surface area contributed by atoms with E-state index in [-0.39, 0.29) is 12.6 Å². The minimum Gasteiger partial charge on any atom is -0.395 e. The molecule has 4 nitrogen and oxygen atoms in total. The van der Waals surface area contributed by atoms with Gasteiger partial charge in [0.1, 0.15) is 0 Å². The molecule has 0 atom stereocenters. The first-order valence-electron chi connectivity index (χ1n) is 5.82. The molecule has 0 unspecified atom stereocenters. The number of rotatable bonds is 4. The summed E-state index contributed by atoms with van der Waals surface area (Å²) in [6, 6.07) is 8.31. The van der Waals surface area contributed by atoms with E-state index in [4.69, 9.17) is 5.11 Å². The number of aliphatic hydroxyl groups is 1. The number of anilines is 1. The minimum atomic E-state index is 0.114. The molecule has 1 heterocycles. The molecule has 0 fully saturated rings. The lowest BCUT2D eigenvalue weighted by Crippen LogP contribution is -2.34. The van der Waals surface area contributed by atoms with Gasteiger partial charge in [-0.25, -0.2) is 0 Å². The molecule has 17 heavy (non-hydrogen) atoms. The zero-order chi connectivity index (χ0) is 12.3. The number of fused-ring (bicyclic) bond motifs is 1. The van der Waals surface area contributed by atoms with Crippen LogP contribution in [0.4, 0.5) is 5.82 Å². The van der Waals surface area contributed by atoms with Crippen LogP contribution in [0.1, 0.15) is 13.8 Å². The van der Waals surface area contributed by atoms with E-state index in [9.17, 15) is 0 Å². The second-order valence-electron chi connectivity index (χ2n) is 4.27. The second kappa shape index (κ2) is 5.10. The number of aromatic nitrogens is 2.